The van der Waals surface area contributed by atoms with E-state index < -0.39 is 23.5 Å². The minimum atomic E-state index is -0.806. The van der Waals surface area contributed by atoms with Crippen LogP contribution in [0.4, 0.5) is 5.69 Å². The van der Waals surface area contributed by atoms with Crippen LogP contribution < -0.4 is 4.90 Å². The number of ketones is 1. The Balaban J connectivity index is 1.52. The fourth-order valence-corrected chi connectivity index (χ4v) is 5.96. The van der Waals surface area contributed by atoms with Crippen LogP contribution in [0, 0.1) is 13.8 Å². The number of Topliss-reactive ketones (excluding diaryl/α,β-unsaturated/α-hetero) is 1. The molecule has 6 nitrogen and oxygen atoms in total. The summed E-state index contributed by atoms with van der Waals surface area (Å²) < 4.78 is 0. The van der Waals surface area contributed by atoms with E-state index in [1.807, 2.05) is 92.0 Å². The van der Waals surface area contributed by atoms with Gasteiger partial charge in [-0.05, 0) is 37.6 Å². The Kier molecular flexibility index (Phi) is 5.50. The Morgan fingerprint density at radius 3 is 2.54 bits per heavy atom. The number of hydrogen-bond donors (Lipinski definition) is 2. The number of nitrogens with one attached hydrogen (secondary N) is 1. The summed E-state index contributed by atoms with van der Waals surface area (Å²) in [6.45, 7) is 3.72. The van der Waals surface area contributed by atoms with Gasteiger partial charge in [-0.15, -0.1) is 11.3 Å². The van der Waals surface area contributed by atoms with Crippen molar-refractivity contribution in [3.05, 3.63) is 118 Å². The van der Waals surface area contributed by atoms with Crippen molar-refractivity contribution >= 4 is 39.6 Å². The van der Waals surface area contributed by atoms with Gasteiger partial charge >= 0.3 is 0 Å². The van der Waals surface area contributed by atoms with Gasteiger partial charge in [-0.2, -0.15) is 0 Å². The topological polar surface area (TPSA) is 86.3 Å². The largest absolute Gasteiger partial charge is 0.503 e. The SMILES string of the molecule is Cc1cccc(N2C(=O)C(O)=C(C(=O)c3sc(-c4ccccc4)nc3C)C2c2c[nH]c3ccccc23)c1. The lowest BCUT2D eigenvalue weighted by molar-refractivity contribution is -0.117. The van der Waals surface area contributed by atoms with Crippen molar-refractivity contribution in [2.45, 2.75) is 19.9 Å². The van der Waals surface area contributed by atoms with Crippen LogP contribution in [0.3, 0.4) is 0 Å². The van der Waals surface area contributed by atoms with Crippen LogP contribution in [-0.2, 0) is 4.79 Å². The van der Waals surface area contributed by atoms with Crippen LogP contribution in [0.25, 0.3) is 21.5 Å². The number of aliphatic hydroxyl groups excluding tert-OH is 1. The molecule has 1 amide bonds. The molecule has 0 bridgehead atoms. The number of nitrogens with zero attached hydrogens (tertiary/aromatic N) is 2. The highest BCUT2D eigenvalue weighted by Crippen LogP contribution is 2.45. The van der Waals surface area contributed by atoms with Crippen LogP contribution in [0.2, 0.25) is 0 Å². The fourth-order valence-electron chi connectivity index (χ4n) is 4.93. The molecule has 0 radical (unpaired) electrons. The summed E-state index contributed by atoms with van der Waals surface area (Å²) in [5.74, 6) is -1.53. The van der Waals surface area contributed by atoms with Crippen LogP contribution in [0.15, 0.2) is 96.4 Å². The molecule has 1 aliphatic rings. The molecule has 0 fully saturated rings. The number of aliphatic hydroxyl groups is 1. The number of amides is 1. The number of carbonyl (C=O) groups excluding carboxylic acids is 2. The zero-order valence-corrected chi connectivity index (χ0v) is 21.0. The van der Waals surface area contributed by atoms with E-state index in [0.29, 0.717) is 21.3 Å². The summed E-state index contributed by atoms with van der Waals surface area (Å²) in [5, 5.41) is 12.8. The van der Waals surface area contributed by atoms with Gasteiger partial charge in [-0.1, -0.05) is 60.7 Å². The Morgan fingerprint density at radius 1 is 1.00 bits per heavy atom. The van der Waals surface area contributed by atoms with Crippen molar-refractivity contribution in [1.29, 1.82) is 0 Å². The van der Waals surface area contributed by atoms with Gasteiger partial charge in [0.25, 0.3) is 5.91 Å². The number of carbonyl (C=O) groups is 2. The molecule has 2 N–H and O–H groups in total. The van der Waals surface area contributed by atoms with Gasteiger partial charge in [-0.25, -0.2) is 4.98 Å². The molecule has 7 heteroatoms. The van der Waals surface area contributed by atoms with Crippen molar-refractivity contribution < 1.29 is 14.7 Å². The summed E-state index contributed by atoms with van der Waals surface area (Å²) in [7, 11) is 0. The second-order valence-electron chi connectivity index (χ2n) is 9.10. The van der Waals surface area contributed by atoms with Crippen LogP contribution >= 0.6 is 11.3 Å². The molecule has 182 valence electrons. The summed E-state index contributed by atoms with van der Waals surface area (Å²) in [5.41, 5.74) is 4.73. The molecule has 3 heterocycles. The van der Waals surface area contributed by atoms with E-state index in [1.165, 1.54) is 16.2 Å². The first-order valence-corrected chi connectivity index (χ1v) is 12.7. The minimum absolute atomic E-state index is 0.0580. The summed E-state index contributed by atoms with van der Waals surface area (Å²) >= 11 is 1.27. The maximum Gasteiger partial charge on any atom is 0.294 e. The summed E-state index contributed by atoms with van der Waals surface area (Å²) in [4.78, 5) is 37.5. The monoisotopic (exact) mass is 505 g/mol. The molecular formula is C30H23N3O3S. The van der Waals surface area contributed by atoms with Crippen LogP contribution in [0.1, 0.15) is 32.5 Å². The number of aryl methyl sites for hydroxylation is 2. The Bertz CT molecular complexity index is 1710. The molecule has 3 aromatic carbocycles. The average molecular weight is 506 g/mol. The van der Waals surface area contributed by atoms with Crippen LogP contribution in [-0.4, -0.2) is 26.8 Å². The first kappa shape index (κ1) is 22.9. The van der Waals surface area contributed by atoms with Gasteiger partial charge in [0.15, 0.2) is 5.76 Å². The Hall–Kier alpha value is -4.49. The second kappa shape index (κ2) is 8.87. The van der Waals surface area contributed by atoms with Crippen molar-refractivity contribution in [3.63, 3.8) is 0 Å². The zero-order valence-electron chi connectivity index (χ0n) is 20.2. The fraction of sp³-hybridized carbons (Fsp3) is 0.100. The summed E-state index contributed by atoms with van der Waals surface area (Å²) in [6.07, 6.45) is 1.81. The lowest BCUT2D eigenvalue weighted by atomic mass is 9.94. The zero-order chi connectivity index (χ0) is 25.7. The van der Waals surface area contributed by atoms with Gasteiger partial charge < -0.3 is 10.1 Å². The van der Waals surface area contributed by atoms with Gasteiger partial charge in [0.05, 0.1) is 22.2 Å². The highest BCUT2D eigenvalue weighted by molar-refractivity contribution is 7.17. The van der Waals surface area contributed by atoms with E-state index in [2.05, 4.69) is 9.97 Å². The number of H-pyrrole nitrogens is 1. The number of aromatic nitrogens is 2. The third kappa shape index (κ3) is 3.75. The predicted octanol–water partition coefficient (Wildman–Crippen LogP) is 6.69. The van der Waals surface area contributed by atoms with Gasteiger partial charge in [0.2, 0.25) is 5.78 Å². The van der Waals surface area contributed by atoms with E-state index in [9.17, 15) is 14.7 Å². The lowest BCUT2D eigenvalue weighted by Crippen LogP contribution is -2.31. The highest BCUT2D eigenvalue weighted by atomic mass is 32.1. The number of anilines is 1. The van der Waals surface area contributed by atoms with Crippen molar-refractivity contribution in [2.75, 3.05) is 4.90 Å². The molecule has 0 saturated heterocycles. The maximum atomic E-state index is 14.1. The number of aromatic amines is 1. The molecule has 0 aliphatic carbocycles. The lowest BCUT2D eigenvalue weighted by Gasteiger charge is -2.26. The Labute approximate surface area is 217 Å². The molecule has 5 aromatic rings. The first-order chi connectivity index (χ1) is 17.9. The smallest absolute Gasteiger partial charge is 0.294 e. The molecule has 0 spiro atoms. The van der Waals surface area contributed by atoms with Crippen molar-refractivity contribution in [1.82, 2.24) is 9.97 Å². The molecule has 1 aliphatic heterocycles. The standard InChI is InChI=1S/C30H23N3O3S/c1-17-9-8-12-20(15-17)33-25(22-16-31-23-14-7-6-13-21(22)23)24(27(35)30(33)36)26(34)28-18(2)32-29(37-28)19-10-4-3-5-11-19/h3-16,25,31,35H,1-2H3. The number of rotatable bonds is 5. The van der Waals surface area contributed by atoms with E-state index in [0.717, 1.165) is 27.6 Å². The van der Waals surface area contributed by atoms with Gasteiger partial charge in [0, 0.05) is 33.9 Å². The number of thiazole rings is 1. The number of hydrogen-bond acceptors (Lipinski definition) is 5. The van der Waals surface area contributed by atoms with Crippen molar-refractivity contribution in [3.8, 4) is 10.6 Å². The number of para-hydroxylation sites is 1. The summed E-state index contributed by atoms with van der Waals surface area (Å²) in [6, 6.07) is 24.1. The molecule has 0 saturated carbocycles. The van der Waals surface area contributed by atoms with E-state index in [-0.39, 0.29) is 5.57 Å². The molecular weight excluding hydrogens is 482 g/mol. The van der Waals surface area contributed by atoms with Crippen LogP contribution in [0.5, 0.6) is 0 Å². The molecule has 1 unspecified atom stereocenters. The van der Waals surface area contributed by atoms with Gasteiger partial charge in [-0.3, -0.25) is 14.5 Å². The minimum Gasteiger partial charge on any atom is -0.503 e. The number of benzene rings is 3. The van der Waals surface area contributed by atoms with E-state index in [4.69, 9.17) is 0 Å². The van der Waals surface area contributed by atoms with E-state index in [1.54, 1.807) is 6.92 Å². The molecule has 2 aromatic heterocycles. The Morgan fingerprint density at radius 2 is 1.76 bits per heavy atom. The highest BCUT2D eigenvalue weighted by Gasteiger charge is 2.46. The first-order valence-electron chi connectivity index (χ1n) is 11.9. The maximum absolute atomic E-state index is 14.1. The number of fused-ring (bicyclic) bond motifs is 1. The quantitative estimate of drug-likeness (QED) is 0.261. The van der Waals surface area contributed by atoms with E-state index >= 15 is 0 Å². The van der Waals surface area contributed by atoms with Gasteiger partial charge in [0.1, 0.15) is 5.01 Å². The second-order valence-corrected chi connectivity index (χ2v) is 10.1. The third-order valence-corrected chi connectivity index (χ3v) is 7.88. The molecule has 37 heavy (non-hydrogen) atoms. The predicted molar refractivity (Wildman–Crippen MR) is 146 cm³/mol. The van der Waals surface area contributed by atoms with Crippen molar-refractivity contribution in [2.24, 2.45) is 0 Å². The average Bonchev–Trinajstić information content (AvgIpc) is 3.58. The normalized spacial score (nSPS) is 15.7. The molecule has 6 rings (SSSR count). The molecule has 1 atom stereocenters. The third-order valence-electron chi connectivity index (χ3n) is 6.67.